The standard InChI is InChI=1S/C22H32ClN5O/c1-16-5-6-20(23)15-21(16)27-11-9-26(10-12-27)8-7-24-22(29)14-19(4)28-18(3)13-17(2)25-28/h5-6,13,15,19H,7-12,14H2,1-4H3,(H,24,29). The van der Waals surface area contributed by atoms with Crippen LogP contribution in [0.3, 0.4) is 0 Å². The highest BCUT2D eigenvalue weighted by molar-refractivity contribution is 6.30. The number of rotatable bonds is 7. The van der Waals surface area contributed by atoms with Crippen molar-refractivity contribution in [3.8, 4) is 0 Å². The second-order valence-electron chi connectivity index (χ2n) is 8.03. The fourth-order valence-electron chi connectivity index (χ4n) is 4.01. The number of aromatic nitrogens is 2. The van der Waals surface area contributed by atoms with Crippen LogP contribution in [0.2, 0.25) is 5.02 Å². The molecule has 1 N–H and O–H groups in total. The van der Waals surface area contributed by atoms with Crippen molar-refractivity contribution in [2.24, 2.45) is 0 Å². The summed E-state index contributed by atoms with van der Waals surface area (Å²) < 4.78 is 1.94. The number of hydrogen-bond acceptors (Lipinski definition) is 4. The van der Waals surface area contributed by atoms with Gasteiger partial charge in [0.2, 0.25) is 5.91 Å². The first kappa shape index (κ1) is 21.7. The van der Waals surface area contributed by atoms with Crippen molar-refractivity contribution in [1.29, 1.82) is 0 Å². The molecule has 2 aromatic rings. The number of carbonyl (C=O) groups excluding carboxylic acids is 1. The molecular formula is C22H32ClN5O. The van der Waals surface area contributed by atoms with E-state index in [4.69, 9.17) is 11.6 Å². The summed E-state index contributed by atoms with van der Waals surface area (Å²) in [7, 11) is 0. The Bertz CT molecular complexity index is 842. The Kier molecular flexibility index (Phi) is 7.19. The van der Waals surface area contributed by atoms with Crippen molar-refractivity contribution in [1.82, 2.24) is 20.0 Å². The highest BCUT2D eigenvalue weighted by Crippen LogP contribution is 2.25. The molecule has 3 rings (SSSR count). The van der Waals surface area contributed by atoms with Crippen LogP contribution in [0, 0.1) is 20.8 Å². The van der Waals surface area contributed by atoms with Crippen LogP contribution in [-0.2, 0) is 4.79 Å². The smallest absolute Gasteiger partial charge is 0.222 e. The van der Waals surface area contributed by atoms with Gasteiger partial charge in [-0.2, -0.15) is 5.10 Å². The van der Waals surface area contributed by atoms with Crippen LogP contribution in [0.1, 0.15) is 36.3 Å². The minimum absolute atomic E-state index is 0.0631. The van der Waals surface area contributed by atoms with E-state index in [2.05, 4.69) is 39.3 Å². The van der Waals surface area contributed by atoms with Crippen LogP contribution in [0.15, 0.2) is 24.3 Å². The van der Waals surface area contributed by atoms with Crippen LogP contribution >= 0.6 is 11.6 Å². The highest BCUT2D eigenvalue weighted by atomic mass is 35.5. The number of nitrogens with zero attached hydrogens (tertiary/aromatic N) is 4. The summed E-state index contributed by atoms with van der Waals surface area (Å²) in [6, 6.07) is 8.17. The topological polar surface area (TPSA) is 53.4 Å². The summed E-state index contributed by atoms with van der Waals surface area (Å²) in [4.78, 5) is 17.1. The first-order valence-corrected chi connectivity index (χ1v) is 10.7. The van der Waals surface area contributed by atoms with Crippen LogP contribution in [0.25, 0.3) is 0 Å². The number of aryl methyl sites for hydroxylation is 3. The Labute approximate surface area is 178 Å². The van der Waals surface area contributed by atoms with Gasteiger partial charge in [0.05, 0.1) is 11.7 Å². The van der Waals surface area contributed by atoms with E-state index in [0.29, 0.717) is 13.0 Å². The maximum absolute atomic E-state index is 12.3. The molecule has 1 fully saturated rings. The number of anilines is 1. The number of nitrogens with one attached hydrogen (secondary N) is 1. The molecule has 1 aliphatic heterocycles. The minimum Gasteiger partial charge on any atom is -0.369 e. The Morgan fingerprint density at radius 1 is 1.17 bits per heavy atom. The fraction of sp³-hybridized carbons (Fsp3) is 0.545. The Morgan fingerprint density at radius 2 is 1.90 bits per heavy atom. The normalized spacial score (nSPS) is 16.1. The third kappa shape index (κ3) is 5.73. The SMILES string of the molecule is Cc1cc(C)n(C(C)CC(=O)NCCN2CCN(c3cc(Cl)ccc3C)CC2)n1. The molecule has 0 saturated carbocycles. The van der Waals surface area contributed by atoms with Gasteiger partial charge >= 0.3 is 0 Å². The van der Waals surface area contributed by atoms with Crippen molar-refractivity contribution in [3.63, 3.8) is 0 Å². The molecular weight excluding hydrogens is 386 g/mol. The van der Waals surface area contributed by atoms with Gasteiger partial charge in [-0.1, -0.05) is 17.7 Å². The van der Waals surface area contributed by atoms with E-state index in [1.807, 2.05) is 37.6 Å². The summed E-state index contributed by atoms with van der Waals surface area (Å²) >= 11 is 6.16. The van der Waals surface area contributed by atoms with Crippen molar-refractivity contribution in [2.45, 2.75) is 40.2 Å². The summed E-state index contributed by atoms with van der Waals surface area (Å²) in [6.45, 7) is 13.7. The maximum atomic E-state index is 12.3. The average Bonchev–Trinajstić information content (AvgIpc) is 3.02. The van der Waals surface area contributed by atoms with E-state index in [-0.39, 0.29) is 11.9 Å². The second-order valence-corrected chi connectivity index (χ2v) is 8.47. The molecule has 0 aliphatic carbocycles. The lowest BCUT2D eigenvalue weighted by Gasteiger charge is -2.36. The molecule has 0 radical (unpaired) electrons. The monoisotopic (exact) mass is 417 g/mol. The van der Waals surface area contributed by atoms with Crippen molar-refractivity contribution in [3.05, 3.63) is 46.2 Å². The minimum atomic E-state index is 0.0631. The maximum Gasteiger partial charge on any atom is 0.222 e. The van der Waals surface area contributed by atoms with Gasteiger partial charge in [-0.05, 0) is 51.5 Å². The molecule has 158 valence electrons. The van der Waals surface area contributed by atoms with Gasteiger partial charge in [0, 0.05) is 62.1 Å². The Morgan fingerprint density at radius 3 is 2.55 bits per heavy atom. The molecule has 1 aromatic carbocycles. The molecule has 29 heavy (non-hydrogen) atoms. The van der Waals surface area contributed by atoms with Gasteiger partial charge in [0.25, 0.3) is 0 Å². The first-order valence-electron chi connectivity index (χ1n) is 10.4. The molecule has 1 aromatic heterocycles. The zero-order valence-corrected chi connectivity index (χ0v) is 18.7. The van der Waals surface area contributed by atoms with E-state index in [9.17, 15) is 4.79 Å². The van der Waals surface area contributed by atoms with Gasteiger partial charge < -0.3 is 10.2 Å². The van der Waals surface area contributed by atoms with Crippen LogP contribution in [0.4, 0.5) is 5.69 Å². The van der Waals surface area contributed by atoms with Gasteiger partial charge in [-0.25, -0.2) is 0 Å². The summed E-state index contributed by atoms with van der Waals surface area (Å²) in [6.07, 6.45) is 0.448. The van der Waals surface area contributed by atoms with Crippen LogP contribution in [-0.4, -0.2) is 59.9 Å². The molecule has 0 spiro atoms. The quantitative estimate of drug-likeness (QED) is 0.750. The van der Waals surface area contributed by atoms with Crippen molar-refractivity contribution >= 4 is 23.2 Å². The number of halogens is 1. The molecule has 1 aliphatic rings. The van der Waals surface area contributed by atoms with Gasteiger partial charge in [-0.15, -0.1) is 0 Å². The molecule has 2 heterocycles. The molecule has 0 bridgehead atoms. The number of benzene rings is 1. The zero-order valence-electron chi connectivity index (χ0n) is 17.9. The van der Waals surface area contributed by atoms with E-state index >= 15 is 0 Å². The van der Waals surface area contributed by atoms with Crippen molar-refractivity contribution in [2.75, 3.05) is 44.2 Å². The highest BCUT2D eigenvalue weighted by Gasteiger charge is 2.19. The van der Waals surface area contributed by atoms with E-state index in [0.717, 1.165) is 49.1 Å². The van der Waals surface area contributed by atoms with Crippen LogP contribution < -0.4 is 10.2 Å². The largest absolute Gasteiger partial charge is 0.369 e. The summed E-state index contributed by atoms with van der Waals surface area (Å²) in [5.74, 6) is 0.0817. The van der Waals surface area contributed by atoms with E-state index in [1.165, 1.54) is 11.3 Å². The summed E-state index contributed by atoms with van der Waals surface area (Å²) in [5.41, 5.74) is 4.56. The summed E-state index contributed by atoms with van der Waals surface area (Å²) in [5, 5.41) is 8.32. The predicted molar refractivity (Wildman–Crippen MR) is 119 cm³/mol. The van der Waals surface area contributed by atoms with Crippen molar-refractivity contribution < 1.29 is 4.79 Å². The molecule has 1 saturated heterocycles. The number of amides is 1. The first-order chi connectivity index (χ1) is 13.8. The average molecular weight is 418 g/mol. The Balaban J connectivity index is 1.39. The molecule has 1 atom stereocenters. The third-order valence-electron chi connectivity index (χ3n) is 5.58. The van der Waals surface area contributed by atoms with Gasteiger partial charge in [0.1, 0.15) is 0 Å². The van der Waals surface area contributed by atoms with E-state index in [1.54, 1.807) is 0 Å². The van der Waals surface area contributed by atoms with Gasteiger partial charge in [-0.3, -0.25) is 14.4 Å². The lowest BCUT2D eigenvalue weighted by molar-refractivity contribution is -0.121. The predicted octanol–water partition coefficient (Wildman–Crippen LogP) is 3.35. The lowest BCUT2D eigenvalue weighted by Crippen LogP contribution is -2.48. The third-order valence-corrected chi connectivity index (χ3v) is 5.81. The van der Waals surface area contributed by atoms with E-state index < -0.39 is 0 Å². The fourth-order valence-corrected chi connectivity index (χ4v) is 4.17. The Hall–Kier alpha value is -2.05. The number of carbonyl (C=O) groups is 1. The molecule has 1 amide bonds. The second kappa shape index (κ2) is 9.63. The zero-order chi connectivity index (χ0) is 21.0. The van der Waals surface area contributed by atoms with Gasteiger partial charge in [0.15, 0.2) is 0 Å². The number of piperazine rings is 1. The lowest BCUT2D eigenvalue weighted by atomic mass is 10.1. The van der Waals surface area contributed by atoms with Crippen LogP contribution in [0.5, 0.6) is 0 Å². The molecule has 6 nitrogen and oxygen atoms in total. The molecule has 7 heteroatoms. The number of hydrogen-bond donors (Lipinski definition) is 1. The molecule has 1 unspecified atom stereocenters.